The van der Waals surface area contributed by atoms with Crippen LogP contribution in [0.15, 0.2) is 36.5 Å². The highest BCUT2D eigenvalue weighted by molar-refractivity contribution is 5.82. The van der Waals surface area contributed by atoms with Gasteiger partial charge in [0.05, 0.1) is 24.0 Å². The summed E-state index contributed by atoms with van der Waals surface area (Å²) < 4.78 is 1.70. The van der Waals surface area contributed by atoms with Crippen LogP contribution in [0.2, 0.25) is 0 Å². The van der Waals surface area contributed by atoms with Crippen molar-refractivity contribution in [1.29, 1.82) is 0 Å². The van der Waals surface area contributed by atoms with Gasteiger partial charge in [-0.1, -0.05) is 11.3 Å². The fraction of sp³-hybridized carbons (Fsp3) is 0.364. The number of anilines is 1. The Labute approximate surface area is 184 Å². The van der Waals surface area contributed by atoms with Gasteiger partial charge in [-0.3, -0.25) is 9.78 Å². The van der Waals surface area contributed by atoms with Crippen LogP contribution in [0.3, 0.4) is 0 Å². The van der Waals surface area contributed by atoms with Crippen molar-refractivity contribution in [2.45, 2.75) is 32.2 Å². The van der Waals surface area contributed by atoms with E-state index >= 15 is 0 Å². The van der Waals surface area contributed by atoms with Gasteiger partial charge in [0.25, 0.3) is 0 Å². The molecule has 164 valence electrons. The van der Waals surface area contributed by atoms with Crippen molar-refractivity contribution in [3.63, 3.8) is 0 Å². The van der Waals surface area contributed by atoms with Gasteiger partial charge in [-0.25, -0.2) is 4.98 Å². The number of nitrogens with zero attached hydrogens (tertiary/aromatic N) is 6. The monoisotopic (exact) mass is 432 g/mol. The molecule has 0 saturated heterocycles. The smallest absolute Gasteiger partial charge is 0.225 e. The Bertz CT molecular complexity index is 1290. The Morgan fingerprint density at radius 3 is 2.97 bits per heavy atom. The summed E-state index contributed by atoms with van der Waals surface area (Å²) in [6.07, 6.45) is 4.00. The second kappa shape index (κ2) is 8.46. The second-order valence-corrected chi connectivity index (χ2v) is 8.10. The third-order valence-electron chi connectivity index (χ3n) is 5.80. The summed E-state index contributed by atoms with van der Waals surface area (Å²) in [5, 5.41) is 24.5. The molecule has 1 aromatic carbocycles. The molecule has 10 nitrogen and oxygen atoms in total. The van der Waals surface area contributed by atoms with Gasteiger partial charge in [-0.2, -0.15) is 9.67 Å². The summed E-state index contributed by atoms with van der Waals surface area (Å²) in [6.45, 7) is 2.20. The molecule has 1 fully saturated rings. The lowest BCUT2D eigenvalue weighted by atomic mass is 10.1. The standard InChI is InChI=1S/C22H24N8O2/c1-13-2-3-14-11-17(6-7-18(14)25-13)30-20-19(28-29-30)12-24-22(27-20)26-16-5-4-15(10-16)21(32)23-8-9-31/h2-3,6-7,11-12,15-16,31H,4-5,8-10H2,1H3,(H,23,32)(H,24,26,27)/t15-,16-/m1/s1. The highest BCUT2D eigenvalue weighted by Gasteiger charge is 2.30. The molecule has 2 atom stereocenters. The number of carbonyl (C=O) groups is 1. The van der Waals surface area contributed by atoms with Gasteiger partial charge in [0.2, 0.25) is 11.9 Å². The molecule has 1 saturated carbocycles. The van der Waals surface area contributed by atoms with Crippen LogP contribution in [-0.2, 0) is 4.79 Å². The third-order valence-corrected chi connectivity index (χ3v) is 5.80. The van der Waals surface area contributed by atoms with Crippen LogP contribution >= 0.6 is 0 Å². The van der Waals surface area contributed by atoms with Gasteiger partial charge < -0.3 is 15.7 Å². The first kappa shape index (κ1) is 20.3. The molecule has 3 heterocycles. The molecular weight excluding hydrogens is 408 g/mol. The van der Waals surface area contributed by atoms with Crippen LogP contribution in [0.25, 0.3) is 27.8 Å². The SMILES string of the molecule is Cc1ccc2cc(-n3nnc4cnc(N[C@@H]5CC[C@@H](C(=O)NCCO)C5)nc43)ccc2n1. The first-order valence-electron chi connectivity index (χ1n) is 10.7. The van der Waals surface area contributed by atoms with Gasteiger partial charge in [0, 0.05) is 29.6 Å². The zero-order chi connectivity index (χ0) is 22.1. The number of aryl methyl sites for hydroxylation is 1. The third kappa shape index (κ3) is 3.96. The summed E-state index contributed by atoms with van der Waals surface area (Å²) in [7, 11) is 0. The minimum absolute atomic E-state index is 0.0111. The van der Waals surface area contributed by atoms with E-state index in [1.807, 2.05) is 37.3 Å². The van der Waals surface area contributed by atoms with E-state index in [9.17, 15) is 4.79 Å². The zero-order valence-electron chi connectivity index (χ0n) is 17.7. The van der Waals surface area contributed by atoms with Crippen molar-refractivity contribution in [2.24, 2.45) is 5.92 Å². The maximum Gasteiger partial charge on any atom is 0.225 e. The van der Waals surface area contributed by atoms with E-state index in [1.54, 1.807) is 10.9 Å². The van der Waals surface area contributed by atoms with Crippen molar-refractivity contribution < 1.29 is 9.90 Å². The first-order valence-corrected chi connectivity index (χ1v) is 10.7. The lowest BCUT2D eigenvalue weighted by Crippen LogP contribution is -2.32. The van der Waals surface area contributed by atoms with E-state index in [-0.39, 0.29) is 31.0 Å². The normalized spacial score (nSPS) is 18.3. The molecule has 3 aromatic heterocycles. The number of amides is 1. The average Bonchev–Trinajstić information content (AvgIpc) is 3.44. The predicted octanol–water partition coefficient (Wildman–Crippen LogP) is 1.76. The second-order valence-electron chi connectivity index (χ2n) is 8.10. The number of aliphatic hydroxyl groups excluding tert-OH is 1. The van der Waals surface area contributed by atoms with Crippen LogP contribution in [0.1, 0.15) is 25.0 Å². The van der Waals surface area contributed by atoms with Crippen molar-refractivity contribution in [3.05, 3.63) is 42.2 Å². The number of hydrogen-bond donors (Lipinski definition) is 3. The zero-order valence-corrected chi connectivity index (χ0v) is 17.7. The Morgan fingerprint density at radius 1 is 1.19 bits per heavy atom. The number of aliphatic hydroxyl groups is 1. The summed E-state index contributed by atoms with van der Waals surface area (Å²) in [5.74, 6) is 0.411. The number of carbonyl (C=O) groups excluding carboxylic acids is 1. The Morgan fingerprint density at radius 2 is 2.09 bits per heavy atom. The fourth-order valence-electron chi connectivity index (χ4n) is 4.17. The molecule has 0 unspecified atom stereocenters. The number of pyridine rings is 1. The molecule has 1 aliphatic rings. The maximum atomic E-state index is 12.2. The number of nitrogens with one attached hydrogen (secondary N) is 2. The largest absolute Gasteiger partial charge is 0.395 e. The van der Waals surface area contributed by atoms with Gasteiger partial charge in [-0.15, -0.1) is 5.10 Å². The first-order chi connectivity index (χ1) is 15.6. The average molecular weight is 432 g/mol. The van der Waals surface area contributed by atoms with Gasteiger partial charge >= 0.3 is 0 Å². The molecule has 32 heavy (non-hydrogen) atoms. The molecule has 1 aliphatic carbocycles. The summed E-state index contributed by atoms with van der Waals surface area (Å²) in [4.78, 5) is 25.7. The maximum absolute atomic E-state index is 12.2. The lowest BCUT2D eigenvalue weighted by Gasteiger charge is -2.13. The molecule has 3 N–H and O–H groups in total. The van der Waals surface area contributed by atoms with Gasteiger partial charge in [0.1, 0.15) is 0 Å². The minimum Gasteiger partial charge on any atom is -0.395 e. The van der Waals surface area contributed by atoms with E-state index in [4.69, 9.17) is 5.11 Å². The van der Waals surface area contributed by atoms with Gasteiger partial charge in [-0.05, 0) is 50.5 Å². The Balaban J connectivity index is 1.36. The van der Waals surface area contributed by atoms with Crippen LogP contribution in [0.4, 0.5) is 5.95 Å². The predicted molar refractivity (Wildman–Crippen MR) is 119 cm³/mol. The number of rotatable bonds is 6. The number of benzene rings is 1. The number of fused-ring (bicyclic) bond motifs is 2. The van der Waals surface area contributed by atoms with Crippen LogP contribution in [0, 0.1) is 12.8 Å². The topological polar surface area (TPSA) is 131 Å². The highest BCUT2D eigenvalue weighted by atomic mass is 16.3. The Hall–Kier alpha value is -3.66. The molecule has 0 radical (unpaired) electrons. The van der Waals surface area contributed by atoms with E-state index < -0.39 is 0 Å². The summed E-state index contributed by atoms with van der Waals surface area (Å²) in [6, 6.07) is 10.1. The van der Waals surface area contributed by atoms with E-state index in [0.717, 1.165) is 35.1 Å². The van der Waals surface area contributed by atoms with Crippen LogP contribution in [-0.4, -0.2) is 60.2 Å². The van der Waals surface area contributed by atoms with Crippen molar-refractivity contribution in [1.82, 2.24) is 35.3 Å². The lowest BCUT2D eigenvalue weighted by molar-refractivity contribution is -0.124. The molecule has 0 spiro atoms. The number of hydrogen-bond acceptors (Lipinski definition) is 8. The number of aromatic nitrogens is 6. The molecule has 0 bridgehead atoms. The summed E-state index contributed by atoms with van der Waals surface area (Å²) in [5.41, 5.74) is 3.95. The summed E-state index contributed by atoms with van der Waals surface area (Å²) >= 11 is 0. The van der Waals surface area contributed by atoms with E-state index in [1.165, 1.54) is 0 Å². The van der Waals surface area contributed by atoms with Crippen molar-refractivity contribution >= 4 is 33.9 Å². The molecule has 4 aromatic rings. The van der Waals surface area contributed by atoms with Gasteiger partial charge in [0.15, 0.2) is 11.2 Å². The van der Waals surface area contributed by atoms with E-state index in [0.29, 0.717) is 23.5 Å². The highest BCUT2D eigenvalue weighted by Crippen LogP contribution is 2.28. The quantitative estimate of drug-likeness (QED) is 0.420. The Kier molecular flexibility index (Phi) is 5.36. The van der Waals surface area contributed by atoms with Crippen molar-refractivity contribution in [3.8, 4) is 5.69 Å². The molecule has 0 aliphatic heterocycles. The fourth-order valence-corrected chi connectivity index (χ4v) is 4.17. The minimum atomic E-state index is -0.0650. The van der Waals surface area contributed by atoms with Crippen molar-refractivity contribution in [2.75, 3.05) is 18.5 Å². The van der Waals surface area contributed by atoms with Crippen LogP contribution < -0.4 is 10.6 Å². The molecule has 10 heteroatoms. The molecule has 5 rings (SSSR count). The molecular formula is C22H24N8O2. The van der Waals surface area contributed by atoms with Crippen LogP contribution in [0.5, 0.6) is 0 Å². The molecule has 1 amide bonds. The van der Waals surface area contributed by atoms with E-state index in [2.05, 4.69) is 35.9 Å².